The molecule has 0 atom stereocenters. The molecule has 0 aliphatic rings. The van der Waals surface area contributed by atoms with Crippen LogP contribution < -0.4 is 10.1 Å². The zero-order valence-corrected chi connectivity index (χ0v) is 18.2. The van der Waals surface area contributed by atoms with Crippen molar-refractivity contribution < 1.29 is 17.9 Å². The van der Waals surface area contributed by atoms with Gasteiger partial charge in [-0.15, -0.1) is 0 Å². The summed E-state index contributed by atoms with van der Waals surface area (Å²) in [5.74, 6) is 0.295. The van der Waals surface area contributed by atoms with Crippen molar-refractivity contribution >= 4 is 39.1 Å². The Morgan fingerprint density at radius 2 is 1.86 bits per heavy atom. The Labute approximate surface area is 175 Å². The molecule has 0 aliphatic heterocycles. The Balaban J connectivity index is 1.92. The molecule has 1 amide bonds. The van der Waals surface area contributed by atoms with Crippen molar-refractivity contribution in [2.75, 3.05) is 27.2 Å². The fourth-order valence-electron chi connectivity index (χ4n) is 2.38. The summed E-state index contributed by atoms with van der Waals surface area (Å²) in [6.45, 7) is 2.66. The predicted molar refractivity (Wildman–Crippen MR) is 111 cm³/mol. The molecule has 0 unspecified atom stereocenters. The third-order valence-corrected chi connectivity index (χ3v) is 6.34. The molecule has 2 rings (SSSR count). The molecule has 0 radical (unpaired) electrons. The molecule has 0 aliphatic carbocycles. The van der Waals surface area contributed by atoms with E-state index in [4.69, 9.17) is 27.9 Å². The number of halogens is 2. The zero-order chi connectivity index (χ0) is 20.9. The lowest BCUT2D eigenvalue weighted by molar-refractivity contribution is 0.0951. The second-order valence-electron chi connectivity index (χ2n) is 6.30. The van der Waals surface area contributed by atoms with Crippen LogP contribution in [0.15, 0.2) is 41.3 Å². The number of nitrogens with zero attached hydrogens (tertiary/aromatic N) is 1. The molecule has 0 saturated heterocycles. The average Bonchev–Trinajstić information content (AvgIpc) is 2.62. The van der Waals surface area contributed by atoms with E-state index in [1.807, 2.05) is 13.0 Å². The molecule has 0 aromatic heterocycles. The van der Waals surface area contributed by atoms with Gasteiger partial charge in [-0.05, 0) is 55.3 Å². The maximum atomic E-state index is 12.4. The Kier molecular flexibility index (Phi) is 7.71. The fraction of sp³-hybridized carbons (Fsp3) is 0.316. The van der Waals surface area contributed by atoms with Crippen LogP contribution in [0.1, 0.15) is 22.3 Å². The minimum atomic E-state index is -3.65. The highest BCUT2D eigenvalue weighted by molar-refractivity contribution is 7.89. The highest BCUT2D eigenvalue weighted by Gasteiger charge is 2.20. The molecule has 152 valence electrons. The zero-order valence-electron chi connectivity index (χ0n) is 15.8. The number of hydrogen-bond donors (Lipinski definition) is 1. The van der Waals surface area contributed by atoms with Gasteiger partial charge in [-0.25, -0.2) is 12.7 Å². The van der Waals surface area contributed by atoms with Crippen LogP contribution in [0.5, 0.6) is 5.75 Å². The Morgan fingerprint density at radius 3 is 2.50 bits per heavy atom. The van der Waals surface area contributed by atoms with Crippen LogP contribution in [-0.4, -0.2) is 45.9 Å². The van der Waals surface area contributed by atoms with Crippen LogP contribution in [0.4, 0.5) is 0 Å². The molecule has 2 aromatic carbocycles. The number of nitrogens with one attached hydrogen (secondary N) is 1. The monoisotopic (exact) mass is 444 g/mol. The highest BCUT2D eigenvalue weighted by Crippen LogP contribution is 2.23. The first-order valence-corrected chi connectivity index (χ1v) is 10.7. The number of hydrogen-bond acceptors (Lipinski definition) is 4. The first-order chi connectivity index (χ1) is 13.1. The standard InChI is InChI=1S/C19H22Cl2N2O4S/c1-13-11-14(20)5-8-18(13)27-10-4-9-22-19(24)16-12-15(6-7-17(16)21)28(25,26)23(2)3/h5-8,11-12H,4,9-10H2,1-3H3,(H,22,24). The number of carbonyl (C=O) groups excluding carboxylic acids is 1. The van der Waals surface area contributed by atoms with E-state index in [-0.39, 0.29) is 15.5 Å². The second-order valence-corrected chi connectivity index (χ2v) is 9.29. The largest absolute Gasteiger partial charge is 0.493 e. The summed E-state index contributed by atoms with van der Waals surface area (Å²) in [5, 5.41) is 3.55. The van der Waals surface area contributed by atoms with E-state index >= 15 is 0 Å². The number of amides is 1. The third kappa shape index (κ3) is 5.61. The fourth-order valence-corrected chi connectivity index (χ4v) is 3.73. The van der Waals surface area contributed by atoms with E-state index in [9.17, 15) is 13.2 Å². The lowest BCUT2D eigenvalue weighted by atomic mass is 10.2. The first kappa shape index (κ1) is 22.5. The lowest BCUT2D eigenvalue weighted by Crippen LogP contribution is -2.27. The Morgan fingerprint density at radius 1 is 1.14 bits per heavy atom. The number of carbonyl (C=O) groups is 1. The van der Waals surface area contributed by atoms with Gasteiger partial charge >= 0.3 is 0 Å². The van der Waals surface area contributed by atoms with Crippen molar-refractivity contribution in [2.45, 2.75) is 18.2 Å². The van der Waals surface area contributed by atoms with E-state index in [1.54, 1.807) is 12.1 Å². The van der Waals surface area contributed by atoms with Gasteiger partial charge < -0.3 is 10.1 Å². The van der Waals surface area contributed by atoms with Crippen LogP contribution >= 0.6 is 23.2 Å². The quantitative estimate of drug-likeness (QED) is 0.628. The van der Waals surface area contributed by atoms with Gasteiger partial charge in [0.1, 0.15) is 5.75 Å². The van der Waals surface area contributed by atoms with E-state index in [0.717, 1.165) is 15.6 Å². The topological polar surface area (TPSA) is 75.7 Å². The summed E-state index contributed by atoms with van der Waals surface area (Å²) < 4.78 is 31.2. The summed E-state index contributed by atoms with van der Waals surface area (Å²) in [6, 6.07) is 9.42. The third-order valence-electron chi connectivity index (χ3n) is 3.96. The molecule has 6 nitrogen and oxygen atoms in total. The van der Waals surface area contributed by atoms with Crippen molar-refractivity contribution in [3.63, 3.8) is 0 Å². The van der Waals surface area contributed by atoms with Crippen LogP contribution in [-0.2, 0) is 10.0 Å². The molecule has 0 heterocycles. The maximum Gasteiger partial charge on any atom is 0.252 e. The van der Waals surface area contributed by atoms with Crippen molar-refractivity contribution in [2.24, 2.45) is 0 Å². The SMILES string of the molecule is Cc1cc(Cl)ccc1OCCCNC(=O)c1cc(S(=O)(=O)N(C)C)ccc1Cl. The lowest BCUT2D eigenvalue weighted by Gasteiger charge is -2.13. The molecule has 2 aromatic rings. The summed E-state index contributed by atoms with van der Waals surface area (Å²) in [6.07, 6.45) is 0.571. The number of sulfonamides is 1. The minimum Gasteiger partial charge on any atom is -0.493 e. The second kappa shape index (κ2) is 9.60. The molecule has 0 fully saturated rings. The van der Waals surface area contributed by atoms with Gasteiger partial charge in [-0.2, -0.15) is 0 Å². The summed E-state index contributed by atoms with van der Waals surface area (Å²) in [7, 11) is -0.806. The highest BCUT2D eigenvalue weighted by atomic mass is 35.5. The van der Waals surface area contributed by atoms with E-state index in [0.29, 0.717) is 24.6 Å². The molecule has 0 spiro atoms. The van der Waals surface area contributed by atoms with Crippen molar-refractivity contribution in [1.29, 1.82) is 0 Å². The average molecular weight is 445 g/mol. The summed E-state index contributed by atoms with van der Waals surface area (Å²) in [4.78, 5) is 12.4. The van der Waals surface area contributed by atoms with E-state index in [2.05, 4.69) is 5.32 Å². The number of ether oxygens (including phenoxy) is 1. The van der Waals surface area contributed by atoms with Gasteiger partial charge in [0.15, 0.2) is 0 Å². The van der Waals surface area contributed by atoms with Crippen LogP contribution in [0.2, 0.25) is 10.0 Å². The number of aryl methyl sites for hydroxylation is 1. The van der Waals surface area contributed by atoms with Crippen molar-refractivity contribution in [1.82, 2.24) is 9.62 Å². The van der Waals surface area contributed by atoms with Crippen LogP contribution in [0, 0.1) is 6.92 Å². The number of benzene rings is 2. The Bertz CT molecular complexity index is 962. The van der Waals surface area contributed by atoms with Crippen LogP contribution in [0.25, 0.3) is 0 Å². The molecule has 28 heavy (non-hydrogen) atoms. The van der Waals surface area contributed by atoms with Crippen LogP contribution in [0.3, 0.4) is 0 Å². The molecule has 9 heteroatoms. The smallest absolute Gasteiger partial charge is 0.252 e. The van der Waals surface area contributed by atoms with Crippen molar-refractivity contribution in [3.8, 4) is 5.75 Å². The molecular weight excluding hydrogens is 423 g/mol. The molecule has 0 bridgehead atoms. The van der Waals surface area contributed by atoms with Gasteiger partial charge in [-0.3, -0.25) is 4.79 Å². The molecule has 1 N–H and O–H groups in total. The van der Waals surface area contributed by atoms with Gasteiger partial charge in [0, 0.05) is 25.7 Å². The number of rotatable bonds is 8. The normalized spacial score (nSPS) is 11.5. The maximum absolute atomic E-state index is 12.4. The Hall–Kier alpha value is -1.80. The van der Waals surface area contributed by atoms with E-state index in [1.165, 1.54) is 32.3 Å². The van der Waals surface area contributed by atoms with Gasteiger partial charge in [-0.1, -0.05) is 23.2 Å². The molecule has 0 saturated carbocycles. The van der Waals surface area contributed by atoms with Gasteiger partial charge in [0.25, 0.3) is 5.91 Å². The predicted octanol–water partition coefficient (Wildman–Crippen LogP) is 3.75. The van der Waals surface area contributed by atoms with Crippen molar-refractivity contribution in [3.05, 3.63) is 57.6 Å². The summed E-state index contributed by atoms with van der Waals surface area (Å²) >= 11 is 12.0. The summed E-state index contributed by atoms with van der Waals surface area (Å²) in [5.41, 5.74) is 1.04. The minimum absolute atomic E-state index is 0.00796. The molecular formula is C19H22Cl2N2O4S. The van der Waals surface area contributed by atoms with Gasteiger partial charge in [0.05, 0.1) is 22.1 Å². The van der Waals surface area contributed by atoms with E-state index < -0.39 is 15.9 Å². The first-order valence-electron chi connectivity index (χ1n) is 8.52. The van der Waals surface area contributed by atoms with Gasteiger partial charge in [0.2, 0.25) is 10.0 Å².